The van der Waals surface area contributed by atoms with Gasteiger partial charge in [0.2, 0.25) is 0 Å². The first-order valence-electron chi connectivity index (χ1n) is 6.87. The highest BCUT2D eigenvalue weighted by molar-refractivity contribution is 5.78. The fourth-order valence-corrected chi connectivity index (χ4v) is 2.37. The summed E-state index contributed by atoms with van der Waals surface area (Å²) in [5.74, 6) is 0.900. The lowest BCUT2D eigenvalue weighted by molar-refractivity contribution is -0.541. The van der Waals surface area contributed by atoms with E-state index in [4.69, 9.17) is 0 Å². The molecule has 0 radical (unpaired) electrons. The fraction of sp³-hybridized carbons (Fsp3) is 0.267. The quantitative estimate of drug-likeness (QED) is 0.610. The van der Waals surface area contributed by atoms with E-state index in [9.17, 15) is 0 Å². The fourth-order valence-electron chi connectivity index (χ4n) is 2.37. The average Bonchev–Trinajstić information content (AvgIpc) is 2.92. The molecule has 21 heavy (non-hydrogen) atoms. The summed E-state index contributed by atoms with van der Waals surface area (Å²) in [6, 6.07) is 10.5. The number of nitrogens with two attached hydrogens (primary N) is 1. The van der Waals surface area contributed by atoms with Crippen LogP contribution < -0.4 is 17.7 Å². The first kappa shape index (κ1) is 15.4. The van der Waals surface area contributed by atoms with E-state index < -0.39 is 0 Å². The van der Waals surface area contributed by atoms with Crippen molar-refractivity contribution < 1.29 is 17.7 Å². The van der Waals surface area contributed by atoms with Gasteiger partial charge in [-0.25, -0.2) is 9.97 Å². The van der Waals surface area contributed by atoms with Crippen LogP contribution in [0, 0.1) is 0 Å². The second kappa shape index (κ2) is 7.15. The molecule has 0 saturated heterocycles. The van der Waals surface area contributed by atoms with Crippen LogP contribution in [0.2, 0.25) is 0 Å². The van der Waals surface area contributed by atoms with E-state index in [1.54, 1.807) is 6.33 Å². The number of fused-ring (bicyclic) bond motifs is 1. The Hall–Kier alpha value is -1.98. The number of hydrogen-bond acceptors (Lipinski definition) is 3. The maximum absolute atomic E-state index is 4.42. The molecule has 0 aliphatic carbocycles. The second-order valence-corrected chi connectivity index (χ2v) is 4.75. The summed E-state index contributed by atoms with van der Waals surface area (Å²) in [6.07, 6.45) is 5.60. The maximum Gasteiger partial charge on any atom is 0.255 e. The molecule has 0 saturated carbocycles. The zero-order chi connectivity index (χ0) is 13.8. The van der Waals surface area contributed by atoms with Gasteiger partial charge in [0.15, 0.2) is 11.2 Å². The van der Waals surface area contributed by atoms with Crippen LogP contribution in [0.3, 0.4) is 0 Å². The highest BCUT2D eigenvalue weighted by Gasteiger charge is 2.11. The Labute approximate surface area is 129 Å². The molecule has 5 nitrogen and oxygen atoms in total. The van der Waals surface area contributed by atoms with Crippen LogP contribution >= 0.6 is 0 Å². The van der Waals surface area contributed by atoms with Crippen LogP contribution in [0.1, 0.15) is 12.0 Å². The predicted octanol–water partition coefficient (Wildman–Crippen LogP) is -1.71. The smallest absolute Gasteiger partial charge is 0.255 e. The number of halogens is 1. The van der Waals surface area contributed by atoms with E-state index in [-0.39, 0.29) is 12.4 Å². The Balaban J connectivity index is 0.00000161. The van der Waals surface area contributed by atoms with Gasteiger partial charge in [0, 0.05) is 6.54 Å². The zero-order valence-electron chi connectivity index (χ0n) is 11.9. The number of rotatable bonds is 5. The van der Waals surface area contributed by atoms with Crippen LogP contribution in [0.15, 0.2) is 43.0 Å². The van der Waals surface area contributed by atoms with Crippen molar-refractivity contribution in [2.75, 3.05) is 7.05 Å². The zero-order valence-corrected chi connectivity index (χ0v) is 12.7. The van der Waals surface area contributed by atoms with E-state index in [0.717, 1.165) is 36.4 Å². The second-order valence-electron chi connectivity index (χ2n) is 4.75. The standard InChI is InChI=1S/C15H17N5.ClH/c1-16-14-13-15(18-10-17-14)20(11-19-13)9-5-8-12-6-3-2-4-7-12;/h2-4,6-7,10-11H,5,8-9H2,1H3,(H,16,17,18);1H. The number of aryl methyl sites for hydroxylation is 2. The first-order chi connectivity index (χ1) is 9.88. The summed E-state index contributed by atoms with van der Waals surface area (Å²) in [5, 5.41) is 1.96. The molecule has 0 spiro atoms. The molecule has 0 unspecified atom stereocenters. The summed E-state index contributed by atoms with van der Waals surface area (Å²) >= 11 is 0. The van der Waals surface area contributed by atoms with Crippen molar-refractivity contribution in [1.29, 1.82) is 0 Å². The molecule has 110 valence electrons. The first-order valence-corrected chi connectivity index (χ1v) is 6.87. The average molecular weight is 304 g/mol. The lowest BCUT2D eigenvalue weighted by Crippen LogP contribution is -3.00. The normalized spacial score (nSPS) is 10.5. The highest BCUT2D eigenvalue weighted by Crippen LogP contribution is 2.14. The summed E-state index contributed by atoms with van der Waals surface area (Å²) < 4.78 is 2.10. The highest BCUT2D eigenvalue weighted by atomic mass is 35.5. The van der Waals surface area contributed by atoms with E-state index >= 15 is 0 Å². The van der Waals surface area contributed by atoms with Crippen LogP contribution in [-0.2, 0) is 13.0 Å². The molecule has 0 atom stereocenters. The van der Waals surface area contributed by atoms with Crippen molar-refractivity contribution in [3.05, 3.63) is 48.5 Å². The molecule has 0 amide bonds. The summed E-state index contributed by atoms with van der Waals surface area (Å²) in [4.78, 5) is 13.0. The molecule has 0 aliphatic rings. The van der Waals surface area contributed by atoms with Crippen molar-refractivity contribution in [1.82, 2.24) is 19.5 Å². The monoisotopic (exact) mass is 303 g/mol. The van der Waals surface area contributed by atoms with Crippen molar-refractivity contribution in [3.8, 4) is 0 Å². The van der Waals surface area contributed by atoms with Gasteiger partial charge in [0.25, 0.3) is 5.82 Å². The third kappa shape index (κ3) is 3.37. The topological polar surface area (TPSA) is 60.2 Å². The van der Waals surface area contributed by atoms with Gasteiger partial charge >= 0.3 is 0 Å². The Kier molecular flexibility index (Phi) is 5.25. The molecule has 0 bridgehead atoms. The van der Waals surface area contributed by atoms with Crippen molar-refractivity contribution in [2.45, 2.75) is 19.4 Å². The molecule has 1 aromatic carbocycles. The third-order valence-corrected chi connectivity index (χ3v) is 3.41. The molecular formula is C15H18ClN5. The van der Waals surface area contributed by atoms with Gasteiger partial charge in [0.05, 0.1) is 13.4 Å². The summed E-state index contributed by atoms with van der Waals surface area (Å²) in [5.41, 5.74) is 3.17. The van der Waals surface area contributed by atoms with Crippen LogP contribution in [-0.4, -0.2) is 26.6 Å². The largest absolute Gasteiger partial charge is 1.00 e. The SMILES string of the molecule is C[NH2+]c1ncnc2c1ncn2CCCc1ccccc1.[Cl-]. The van der Waals surface area contributed by atoms with E-state index in [1.165, 1.54) is 5.56 Å². The lowest BCUT2D eigenvalue weighted by atomic mass is 10.1. The Morgan fingerprint density at radius 1 is 1.10 bits per heavy atom. The summed E-state index contributed by atoms with van der Waals surface area (Å²) in [6.45, 7) is 0.922. The maximum atomic E-state index is 4.42. The number of aromatic nitrogens is 4. The van der Waals surface area contributed by atoms with E-state index in [1.807, 2.05) is 24.8 Å². The van der Waals surface area contributed by atoms with Gasteiger partial charge in [-0.2, -0.15) is 4.98 Å². The Morgan fingerprint density at radius 3 is 2.67 bits per heavy atom. The van der Waals surface area contributed by atoms with Gasteiger partial charge in [-0.3, -0.25) is 5.32 Å². The van der Waals surface area contributed by atoms with Gasteiger partial charge in [-0.15, -0.1) is 0 Å². The molecule has 0 fully saturated rings. The minimum absolute atomic E-state index is 0. The number of benzene rings is 1. The molecule has 2 heterocycles. The van der Waals surface area contributed by atoms with Crippen LogP contribution in [0.25, 0.3) is 11.2 Å². The van der Waals surface area contributed by atoms with Gasteiger partial charge in [0.1, 0.15) is 6.33 Å². The van der Waals surface area contributed by atoms with Gasteiger partial charge in [-0.1, -0.05) is 30.3 Å². The molecular weight excluding hydrogens is 286 g/mol. The summed E-state index contributed by atoms with van der Waals surface area (Å²) in [7, 11) is 1.97. The van der Waals surface area contributed by atoms with Crippen molar-refractivity contribution >= 4 is 17.0 Å². The molecule has 3 rings (SSSR count). The Morgan fingerprint density at radius 2 is 1.90 bits per heavy atom. The Bertz CT molecular complexity index is 696. The predicted molar refractivity (Wildman–Crippen MR) is 77.6 cm³/mol. The van der Waals surface area contributed by atoms with Crippen LogP contribution in [0.4, 0.5) is 5.82 Å². The number of nitrogens with zero attached hydrogens (tertiary/aromatic N) is 4. The lowest BCUT2D eigenvalue weighted by Gasteiger charge is -2.04. The van der Waals surface area contributed by atoms with Gasteiger partial charge in [-0.05, 0) is 18.4 Å². The molecule has 0 aliphatic heterocycles. The third-order valence-electron chi connectivity index (χ3n) is 3.41. The number of imidazole rings is 1. The molecule has 3 aromatic rings. The number of quaternary nitrogens is 1. The minimum atomic E-state index is 0. The molecule has 2 aromatic heterocycles. The molecule has 6 heteroatoms. The van der Waals surface area contributed by atoms with Crippen molar-refractivity contribution in [3.63, 3.8) is 0 Å². The molecule has 2 N–H and O–H groups in total. The van der Waals surface area contributed by atoms with Gasteiger partial charge < -0.3 is 17.0 Å². The van der Waals surface area contributed by atoms with Crippen LogP contribution in [0.5, 0.6) is 0 Å². The van der Waals surface area contributed by atoms with E-state index in [2.05, 4.69) is 43.8 Å². The van der Waals surface area contributed by atoms with Crippen molar-refractivity contribution in [2.24, 2.45) is 0 Å². The number of hydrogen-bond donors (Lipinski definition) is 1. The minimum Gasteiger partial charge on any atom is -1.00 e. The van der Waals surface area contributed by atoms with E-state index in [0.29, 0.717) is 0 Å².